The number of amides is 1. The van der Waals surface area contributed by atoms with E-state index in [-0.39, 0.29) is 24.2 Å². The molecule has 0 saturated heterocycles. The van der Waals surface area contributed by atoms with Gasteiger partial charge in [-0.1, -0.05) is 24.3 Å². The van der Waals surface area contributed by atoms with Gasteiger partial charge in [0.05, 0.1) is 29.7 Å². The van der Waals surface area contributed by atoms with Crippen LogP contribution in [0.25, 0.3) is 10.8 Å². The van der Waals surface area contributed by atoms with Crippen LogP contribution in [0.2, 0.25) is 0 Å². The first kappa shape index (κ1) is 21.2. The van der Waals surface area contributed by atoms with E-state index in [1.807, 2.05) is 6.07 Å². The van der Waals surface area contributed by atoms with Crippen molar-refractivity contribution in [3.63, 3.8) is 0 Å². The van der Waals surface area contributed by atoms with E-state index in [9.17, 15) is 22.8 Å². The number of hydrogen-bond acceptors (Lipinski definition) is 4. The molecule has 2 aromatic heterocycles. The number of fused-ring (bicyclic) bond motifs is 1. The molecule has 1 N–H and O–H groups in total. The van der Waals surface area contributed by atoms with Gasteiger partial charge in [0, 0.05) is 23.3 Å². The van der Waals surface area contributed by atoms with E-state index < -0.39 is 17.6 Å². The smallest absolute Gasteiger partial charge is 0.346 e. The van der Waals surface area contributed by atoms with E-state index in [1.165, 1.54) is 4.68 Å². The van der Waals surface area contributed by atoms with Crippen LogP contribution in [0.15, 0.2) is 77.9 Å². The molecule has 9 heteroatoms. The molecule has 0 spiro atoms. The number of hydrogen-bond donors (Lipinski definition) is 1. The standard InChI is InChI=1S/C23H17F3N4O2/c24-23(25,26)17-9-7-16(8-10-17)21(31)28-13-20-18-5-1-2-6-19(18)22(32)30(29-20)14-15-4-3-11-27-12-15/h1-12H,13-14H2,(H,28,31). The normalized spacial score (nSPS) is 11.5. The number of carbonyl (C=O) groups excluding carboxylic acids is 1. The highest BCUT2D eigenvalue weighted by Gasteiger charge is 2.30. The summed E-state index contributed by atoms with van der Waals surface area (Å²) in [7, 11) is 0. The van der Waals surface area contributed by atoms with Crippen molar-refractivity contribution in [1.29, 1.82) is 0 Å². The summed E-state index contributed by atoms with van der Waals surface area (Å²) in [4.78, 5) is 29.4. The lowest BCUT2D eigenvalue weighted by Gasteiger charge is -2.12. The van der Waals surface area contributed by atoms with Crippen LogP contribution in [-0.4, -0.2) is 20.7 Å². The molecule has 32 heavy (non-hydrogen) atoms. The van der Waals surface area contributed by atoms with Gasteiger partial charge in [0.1, 0.15) is 0 Å². The third-order valence-corrected chi connectivity index (χ3v) is 4.89. The molecule has 4 aromatic rings. The average Bonchev–Trinajstić information content (AvgIpc) is 2.80. The Hall–Kier alpha value is -4.01. The van der Waals surface area contributed by atoms with Gasteiger partial charge < -0.3 is 5.32 Å². The molecule has 0 atom stereocenters. The zero-order chi connectivity index (χ0) is 22.7. The van der Waals surface area contributed by atoms with Crippen molar-refractivity contribution in [2.24, 2.45) is 0 Å². The van der Waals surface area contributed by atoms with Gasteiger partial charge in [0.15, 0.2) is 0 Å². The maximum Gasteiger partial charge on any atom is 0.416 e. The molecular formula is C23H17F3N4O2. The van der Waals surface area contributed by atoms with Crippen LogP contribution < -0.4 is 10.9 Å². The van der Waals surface area contributed by atoms with Crippen molar-refractivity contribution < 1.29 is 18.0 Å². The Kier molecular flexibility index (Phi) is 5.72. The molecular weight excluding hydrogens is 421 g/mol. The van der Waals surface area contributed by atoms with Crippen molar-refractivity contribution in [3.8, 4) is 0 Å². The molecule has 2 aromatic carbocycles. The molecule has 162 valence electrons. The quantitative estimate of drug-likeness (QED) is 0.515. The number of benzene rings is 2. The zero-order valence-corrected chi connectivity index (χ0v) is 16.6. The van der Waals surface area contributed by atoms with Gasteiger partial charge in [0.2, 0.25) is 0 Å². The van der Waals surface area contributed by atoms with Gasteiger partial charge in [0.25, 0.3) is 11.5 Å². The van der Waals surface area contributed by atoms with E-state index in [2.05, 4.69) is 15.4 Å². The largest absolute Gasteiger partial charge is 0.416 e. The van der Waals surface area contributed by atoms with Crippen LogP contribution in [0.1, 0.15) is 27.2 Å². The van der Waals surface area contributed by atoms with Crippen molar-refractivity contribution in [3.05, 3.63) is 106 Å². The van der Waals surface area contributed by atoms with Crippen LogP contribution in [0, 0.1) is 0 Å². The summed E-state index contributed by atoms with van der Waals surface area (Å²) in [5.74, 6) is -0.547. The van der Waals surface area contributed by atoms with E-state index in [1.54, 1.807) is 42.7 Å². The topological polar surface area (TPSA) is 76.9 Å². The molecule has 4 rings (SSSR count). The van der Waals surface area contributed by atoms with Crippen LogP contribution in [-0.2, 0) is 19.3 Å². The Morgan fingerprint density at radius 1 is 0.969 bits per heavy atom. The molecule has 6 nitrogen and oxygen atoms in total. The molecule has 0 fully saturated rings. The first-order valence-electron chi connectivity index (χ1n) is 9.66. The highest BCUT2D eigenvalue weighted by Crippen LogP contribution is 2.29. The maximum absolute atomic E-state index is 12.9. The fraction of sp³-hybridized carbons (Fsp3) is 0.130. The maximum atomic E-state index is 12.9. The minimum Gasteiger partial charge on any atom is -0.346 e. The third kappa shape index (κ3) is 4.51. The summed E-state index contributed by atoms with van der Waals surface area (Å²) in [5.41, 5.74) is 0.235. The molecule has 1 amide bonds. The Balaban J connectivity index is 1.60. The highest BCUT2D eigenvalue weighted by atomic mass is 19.4. The molecule has 0 bridgehead atoms. The van der Waals surface area contributed by atoms with Gasteiger partial charge in [-0.2, -0.15) is 18.3 Å². The molecule has 0 aliphatic carbocycles. The van der Waals surface area contributed by atoms with Crippen LogP contribution >= 0.6 is 0 Å². The number of carbonyl (C=O) groups is 1. The summed E-state index contributed by atoms with van der Waals surface area (Å²) in [5, 5.41) is 8.13. The number of halogens is 3. The molecule has 0 aliphatic rings. The SMILES string of the molecule is O=C(NCc1nn(Cc2cccnc2)c(=O)c2ccccc12)c1ccc(C(F)(F)F)cc1. The van der Waals surface area contributed by atoms with Gasteiger partial charge >= 0.3 is 6.18 Å². The molecule has 0 radical (unpaired) electrons. The fourth-order valence-electron chi connectivity index (χ4n) is 3.28. The number of nitrogens with one attached hydrogen (secondary N) is 1. The van der Waals surface area contributed by atoms with E-state index >= 15 is 0 Å². The first-order valence-corrected chi connectivity index (χ1v) is 9.66. The Bertz CT molecular complexity index is 1320. The van der Waals surface area contributed by atoms with Crippen molar-refractivity contribution in [2.45, 2.75) is 19.3 Å². The minimum absolute atomic E-state index is 0.00626. The second-order valence-corrected chi connectivity index (χ2v) is 7.07. The second-order valence-electron chi connectivity index (χ2n) is 7.07. The van der Waals surface area contributed by atoms with Crippen molar-refractivity contribution in [2.75, 3.05) is 0 Å². The molecule has 0 saturated carbocycles. The lowest BCUT2D eigenvalue weighted by atomic mass is 10.1. The third-order valence-electron chi connectivity index (χ3n) is 4.89. The Morgan fingerprint density at radius 3 is 2.34 bits per heavy atom. The number of alkyl halides is 3. The highest BCUT2D eigenvalue weighted by molar-refractivity contribution is 5.94. The van der Waals surface area contributed by atoms with Gasteiger partial charge in [-0.15, -0.1) is 0 Å². The summed E-state index contributed by atoms with van der Waals surface area (Å²) in [6, 6.07) is 14.4. The summed E-state index contributed by atoms with van der Waals surface area (Å²) in [6.07, 6.45) is -1.21. The van der Waals surface area contributed by atoms with Gasteiger partial charge in [-0.05, 0) is 42.0 Å². The molecule has 2 heterocycles. The monoisotopic (exact) mass is 438 g/mol. The van der Waals surface area contributed by atoms with Crippen molar-refractivity contribution in [1.82, 2.24) is 20.1 Å². The van der Waals surface area contributed by atoms with Crippen LogP contribution in [0.4, 0.5) is 13.2 Å². The zero-order valence-electron chi connectivity index (χ0n) is 16.6. The van der Waals surface area contributed by atoms with Crippen molar-refractivity contribution >= 4 is 16.7 Å². The lowest BCUT2D eigenvalue weighted by Crippen LogP contribution is -2.29. The molecule has 0 aliphatic heterocycles. The summed E-state index contributed by atoms with van der Waals surface area (Å²) in [6.45, 7) is 0.199. The summed E-state index contributed by atoms with van der Waals surface area (Å²) < 4.78 is 39.5. The average molecular weight is 438 g/mol. The first-order chi connectivity index (χ1) is 15.3. The second kappa shape index (κ2) is 8.62. The Labute approximate surface area is 180 Å². The van der Waals surface area contributed by atoms with Gasteiger partial charge in [-0.3, -0.25) is 14.6 Å². The number of rotatable bonds is 5. The predicted octanol–water partition coefficient (Wildman–Crippen LogP) is 3.79. The van der Waals surface area contributed by atoms with Crippen LogP contribution in [0.5, 0.6) is 0 Å². The lowest BCUT2D eigenvalue weighted by molar-refractivity contribution is -0.137. The van der Waals surface area contributed by atoms with E-state index in [0.717, 1.165) is 29.8 Å². The number of nitrogens with zero attached hydrogens (tertiary/aromatic N) is 3. The van der Waals surface area contributed by atoms with E-state index in [4.69, 9.17) is 0 Å². The minimum atomic E-state index is -4.47. The Morgan fingerprint density at radius 2 is 1.69 bits per heavy atom. The molecule has 0 unspecified atom stereocenters. The number of pyridine rings is 1. The summed E-state index contributed by atoms with van der Waals surface area (Å²) >= 11 is 0. The predicted molar refractivity (Wildman–Crippen MR) is 112 cm³/mol. The number of aromatic nitrogens is 3. The van der Waals surface area contributed by atoms with E-state index in [0.29, 0.717) is 16.5 Å². The van der Waals surface area contributed by atoms with Crippen LogP contribution in [0.3, 0.4) is 0 Å². The van der Waals surface area contributed by atoms with Gasteiger partial charge in [-0.25, -0.2) is 4.68 Å². The fourth-order valence-corrected chi connectivity index (χ4v) is 3.28.